The lowest BCUT2D eigenvalue weighted by atomic mass is 10.0. The van der Waals surface area contributed by atoms with E-state index in [0.29, 0.717) is 17.9 Å². The predicted octanol–water partition coefficient (Wildman–Crippen LogP) is 2.87. The first-order chi connectivity index (χ1) is 10.5. The maximum atomic E-state index is 12.4. The van der Waals surface area contributed by atoms with E-state index >= 15 is 0 Å². The molecule has 116 valence electrons. The largest absolute Gasteiger partial charge is 0.507 e. The summed E-state index contributed by atoms with van der Waals surface area (Å²) in [6, 6.07) is 12.1. The number of phenolic OH excluding ortho intramolecular Hbond substituents is 1. The standard InChI is InChI=1S/C18H21NO3/c1-13-4-6-14(7-5-13)18(21)16-9-8-15(12-17(16)20)22-11-10-19(2)3/h4-9,12,20H,10-11H2,1-3H3. The van der Waals surface area contributed by atoms with Gasteiger partial charge in [-0.15, -0.1) is 0 Å². The summed E-state index contributed by atoms with van der Waals surface area (Å²) in [6.07, 6.45) is 0. The van der Waals surface area contributed by atoms with Crippen LogP contribution in [0.15, 0.2) is 42.5 Å². The Hall–Kier alpha value is -2.33. The summed E-state index contributed by atoms with van der Waals surface area (Å²) in [5, 5.41) is 10.1. The van der Waals surface area contributed by atoms with Crippen molar-refractivity contribution in [3.8, 4) is 11.5 Å². The molecule has 0 saturated carbocycles. The van der Waals surface area contributed by atoms with Crippen molar-refractivity contribution in [2.24, 2.45) is 0 Å². The zero-order chi connectivity index (χ0) is 16.1. The van der Waals surface area contributed by atoms with Gasteiger partial charge in [-0.3, -0.25) is 4.79 Å². The van der Waals surface area contributed by atoms with Crippen LogP contribution in [0.1, 0.15) is 21.5 Å². The second kappa shape index (κ2) is 7.09. The van der Waals surface area contributed by atoms with E-state index in [-0.39, 0.29) is 17.1 Å². The zero-order valence-corrected chi connectivity index (χ0v) is 13.2. The number of ketones is 1. The number of aryl methyl sites for hydroxylation is 1. The number of hydrogen-bond acceptors (Lipinski definition) is 4. The van der Waals surface area contributed by atoms with Crippen LogP contribution in [0.25, 0.3) is 0 Å². The van der Waals surface area contributed by atoms with E-state index in [9.17, 15) is 9.90 Å². The minimum absolute atomic E-state index is 0.0621. The van der Waals surface area contributed by atoms with E-state index < -0.39 is 0 Å². The predicted molar refractivity (Wildman–Crippen MR) is 86.8 cm³/mol. The molecule has 0 atom stereocenters. The highest BCUT2D eigenvalue weighted by molar-refractivity contribution is 6.10. The summed E-state index contributed by atoms with van der Waals surface area (Å²) in [7, 11) is 3.92. The van der Waals surface area contributed by atoms with Crippen LogP contribution in [0.5, 0.6) is 11.5 Å². The monoisotopic (exact) mass is 299 g/mol. The summed E-state index contributed by atoms with van der Waals surface area (Å²) < 4.78 is 5.54. The first kappa shape index (κ1) is 16.0. The smallest absolute Gasteiger partial charge is 0.196 e. The maximum absolute atomic E-state index is 12.4. The zero-order valence-electron chi connectivity index (χ0n) is 13.2. The Kier molecular flexibility index (Phi) is 5.17. The van der Waals surface area contributed by atoms with Gasteiger partial charge in [0.05, 0.1) is 5.56 Å². The van der Waals surface area contributed by atoms with Crippen LogP contribution in [-0.2, 0) is 0 Å². The van der Waals surface area contributed by atoms with Crippen molar-refractivity contribution in [1.82, 2.24) is 4.90 Å². The number of carbonyl (C=O) groups is 1. The molecule has 2 aromatic rings. The van der Waals surface area contributed by atoms with Crippen LogP contribution in [0.3, 0.4) is 0 Å². The molecule has 0 aliphatic heterocycles. The number of carbonyl (C=O) groups excluding carboxylic acids is 1. The van der Waals surface area contributed by atoms with Crippen LogP contribution in [0.2, 0.25) is 0 Å². The molecule has 0 spiro atoms. The van der Waals surface area contributed by atoms with Gasteiger partial charge < -0.3 is 14.7 Å². The van der Waals surface area contributed by atoms with Crippen LogP contribution in [-0.4, -0.2) is 43.0 Å². The number of ether oxygens (including phenoxy) is 1. The molecule has 0 aromatic heterocycles. The number of nitrogens with zero attached hydrogens (tertiary/aromatic N) is 1. The molecule has 0 radical (unpaired) electrons. The van der Waals surface area contributed by atoms with Crippen LogP contribution in [0.4, 0.5) is 0 Å². The molecule has 0 heterocycles. The van der Waals surface area contributed by atoms with Crippen molar-refractivity contribution in [2.75, 3.05) is 27.2 Å². The fourth-order valence-electron chi connectivity index (χ4n) is 2.00. The molecule has 22 heavy (non-hydrogen) atoms. The first-order valence-electron chi connectivity index (χ1n) is 7.19. The summed E-state index contributed by atoms with van der Waals surface area (Å²) >= 11 is 0. The van der Waals surface area contributed by atoms with Gasteiger partial charge >= 0.3 is 0 Å². The van der Waals surface area contributed by atoms with Gasteiger partial charge in [0, 0.05) is 18.2 Å². The van der Waals surface area contributed by atoms with E-state index in [2.05, 4.69) is 0 Å². The van der Waals surface area contributed by atoms with Gasteiger partial charge in [-0.25, -0.2) is 0 Å². The SMILES string of the molecule is Cc1ccc(C(=O)c2ccc(OCCN(C)C)cc2O)cc1. The molecule has 0 fully saturated rings. The third kappa shape index (κ3) is 4.09. The Morgan fingerprint density at radius 2 is 1.82 bits per heavy atom. The number of phenols is 1. The van der Waals surface area contributed by atoms with E-state index in [1.54, 1.807) is 24.3 Å². The van der Waals surface area contributed by atoms with Crippen molar-refractivity contribution < 1.29 is 14.6 Å². The lowest BCUT2D eigenvalue weighted by molar-refractivity contribution is 0.103. The lowest BCUT2D eigenvalue weighted by Gasteiger charge is -2.12. The van der Waals surface area contributed by atoms with E-state index in [4.69, 9.17) is 4.74 Å². The maximum Gasteiger partial charge on any atom is 0.196 e. The minimum Gasteiger partial charge on any atom is -0.507 e. The summed E-state index contributed by atoms with van der Waals surface area (Å²) in [5.41, 5.74) is 1.93. The minimum atomic E-state index is -0.197. The average Bonchev–Trinajstić information content (AvgIpc) is 2.47. The molecule has 2 aromatic carbocycles. The fraction of sp³-hybridized carbons (Fsp3) is 0.278. The van der Waals surface area contributed by atoms with Crippen LogP contribution < -0.4 is 4.74 Å². The topological polar surface area (TPSA) is 49.8 Å². The molecule has 0 amide bonds. The van der Waals surface area contributed by atoms with Gasteiger partial charge in [0.15, 0.2) is 5.78 Å². The van der Waals surface area contributed by atoms with Gasteiger partial charge in [0.25, 0.3) is 0 Å². The van der Waals surface area contributed by atoms with E-state index in [1.165, 1.54) is 6.07 Å². The van der Waals surface area contributed by atoms with Crippen molar-refractivity contribution in [1.29, 1.82) is 0 Å². The fourth-order valence-corrected chi connectivity index (χ4v) is 2.00. The molecule has 4 heteroatoms. The van der Waals surface area contributed by atoms with Crippen molar-refractivity contribution in [3.63, 3.8) is 0 Å². The van der Waals surface area contributed by atoms with E-state index in [1.807, 2.05) is 38.1 Å². The molecule has 0 aliphatic carbocycles. The molecule has 2 rings (SSSR count). The third-order valence-corrected chi connectivity index (χ3v) is 3.33. The summed E-state index contributed by atoms with van der Waals surface area (Å²) in [5.74, 6) is 0.296. The van der Waals surface area contributed by atoms with Gasteiger partial charge in [-0.2, -0.15) is 0 Å². The first-order valence-corrected chi connectivity index (χ1v) is 7.19. The lowest BCUT2D eigenvalue weighted by Crippen LogP contribution is -2.19. The second-order valence-electron chi connectivity index (χ2n) is 5.53. The Morgan fingerprint density at radius 1 is 1.14 bits per heavy atom. The molecule has 0 bridgehead atoms. The Morgan fingerprint density at radius 3 is 2.41 bits per heavy atom. The Balaban J connectivity index is 2.12. The Bertz CT molecular complexity index is 648. The number of hydrogen-bond donors (Lipinski definition) is 1. The van der Waals surface area contributed by atoms with Crippen molar-refractivity contribution in [3.05, 3.63) is 59.2 Å². The molecular weight excluding hydrogens is 278 g/mol. The molecular formula is C18H21NO3. The molecule has 0 unspecified atom stereocenters. The van der Waals surface area contributed by atoms with E-state index in [0.717, 1.165) is 12.1 Å². The molecule has 0 aliphatic rings. The quantitative estimate of drug-likeness (QED) is 0.833. The van der Waals surface area contributed by atoms with Gasteiger partial charge in [-0.05, 0) is 33.2 Å². The number of aromatic hydroxyl groups is 1. The van der Waals surface area contributed by atoms with Gasteiger partial charge in [0.1, 0.15) is 18.1 Å². The highest BCUT2D eigenvalue weighted by atomic mass is 16.5. The Labute approximate surface area is 131 Å². The number of benzene rings is 2. The average molecular weight is 299 g/mol. The molecule has 4 nitrogen and oxygen atoms in total. The number of likely N-dealkylation sites (N-methyl/N-ethyl adjacent to an activating group) is 1. The van der Waals surface area contributed by atoms with Crippen LogP contribution >= 0.6 is 0 Å². The summed E-state index contributed by atoms with van der Waals surface area (Å²) in [4.78, 5) is 14.4. The van der Waals surface area contributed by atoms with Gasteiger partial charge in [-0.1, -0.05) is 29.8 Å². The van der Waals surface area contributed by atoms with Crippen molar-refractivity contribution >= 4 is 5.78 Å². The number of rotatable bonds is 6. The highest BCUT2D eigenvalue weighted by Gasteiger charge is 2.14. The van der Waals surface area contributed by atoms with Gasteiger partial charge in [0.2, 0.25) is 0 Å². The van der Waals surface area contributed by atoms with Crippen molar-refractivity contribution in [2.45, 2.75) is 6.92 Å². The van der Waals surface area contributed by atoms with Crippen LogP contribution in [0, 0.1) is 6.92 Å². The second-order valence-corrected chi connectivity index (χ2v) is 5.53. The highest BCUT2D eigenvalue weighted by Crippen LogP contribution is 2.26. The molecule has 1 N–H and O–H groups in total. The normalized spacial score (nSPS) is 10.7. The third-order valence-electron chi connectivity index (χ3n) is 3.33. The molecule has 0 saturated heterocycles. The summed E-state index contributed by atoms with van der Waals surface area (Å²) in [6.45, 7) is 3.27.